The smallest absolute Gasteiger partial charge is 0.305 e. The number of carbonyl (C=O) groups is 1. The number of rotatable bonds is 4. The van der Waals surface area contributed by atoms with Gasteiger partial charge in [0.15, 0.2) is 0 Å². The first kappa shape index (κ1) is 14.1. The average molecular weight is 295 g/mol. The van der Waals surface area contributed by atoms with Crippen LogP contribution in [-0.4, -0.2) is 20.6 Å². The third-order valence-electron chi connectivity index (χ3n) is 3.75. The van der Waals surface area contributed by atoms with Crippen LogP contribution in [0.4, 0.5) is 5.69 Å². The van der Waals surface area contributed by atoms with E-state index >= 15 is 0 Å². The van der Waals surface area contributed by atoms with Crippen LogP contribution in [0, 0.1) is 6.92 Å². The van der Waals surface area contributed by atoms with Gasteiger partial charge in [0.05, 0.1) is 17.6 Å². The van der Waals surface area contributed by atoms with Crippen molar-refractivity contribution in [3.8, 4) is 11.4 Å². The second-order valence-electron chi connectivity index (χ2n) is 5.26. The molecule has 0 aliphatic heterocycles. The Morgan fingerprint density at radius 2 is 2.00 bits per heavy atom. The lowest BCUT2D eigenvalue weighted by Gasteiger charge is -2.09. The van der Waals surface area contributed by atoms with E-state index in [0.29, 0.717) is 17.7 Å². The maximum Gasteiger partial charge on any atom is 0.305 e. The van der Waals surface area contributed by atoms with Gasteiger partial charge in [0.25, 0.3) is 0 Å². The highest BCUT2D eigenvalue weighted by Gasteiger charge is 2.16. The molecule has 1 heterocycles. The second kappa shape index (κ2) is 5.52. The minimum atomic E-state index is -0.832. The van der Waals surface area contributed by atoms with Gasteiger partial charge in [0.2, 0.25) is 0 Å². The Labute approximate surface area is 128 Å². The standard InChI is InChI=1S/C17H17N3O2/c1-11-5-2-3-6-12(11)17-19-16-13(18)7-4-8-14(16)20(17)10-9-15(21)22/h2-8H,9-10,18H2,1H3,(H,21,22). The number of aromatic nitrogens is 2. The summed E-state index contributed by atoms with van der Waals surface area (Å²) in [6.45, 7) is 2.37. The number of anilines is 1. The molecule has 2 aromatic carbocycles. The van der Waals surface area contributed by atoms with Crippen molar-refractivity contribution < 1.29 is 9.90 Å². The number of para-hydroxylation sites is 1. The zero-order valence-corrected chi connectivity index (χ0v) is 12.3. The Balaban J connectivity index is 2.24. The lowest BCUT2D eigenvalue weighted by atomic mass is 10.1. The van der Waals surface area contributed by atoms with Crippen molar-refractivity contribution in [1.29, 1.82) is 0 Å². The number of aliphatic carboxylic acids is 1. The zero-order chi connectivity index (χ0) is 15.7. The Kier molecular flexibility index (Phi) is 3.55. The largest absolute Gasteiger partial charge is 0.481 e. The van der Waals surface area contributed by atoms with E-state index in [-0.39, 0.29) is 6.42 Å². The molecule has 0 bridgehead atoms. The molecule has 0 saturated carbocycles. The summed E-state index contributed by atoms with van der Waals surface area (Å²) in [5.74, 6) is -0.0752. The molecular weight excluding hydrogens is 278 g/mol. The number of carboxylic acids is 1. The molecule has 112 valence electrons. The first-order valence-electron chi connectivity index (χ1n) is 7.10. The molecule has 0 aliphatic rings. The number of nitrogens with two attached hydrogens (primary N) is 1. The molecule has 5 heteroatoms. The van der Waals surface area contributed by atoms with Crippen LogP contribution in [-0.2, 0) is 11.3 Å². The predicted molar refractivity (Wildman–Crippen MR) is 86.6 cm³/mol. The molecular formula is C17H17N3O2. The van der Waals surface area contributed by atoms with Crippen LogP contribution < -0.4 is 5.73 Å². The van der Waals surface area contributed by atoms with Crippen LogP contribution in [0.15, 0.2) is 42.5 Å². The van der Waals surface area contributed by atoms with Gasteiger partial charge in [0.1, 0.15) is 11.3 Å². The average Bonchev–Trinajstić information content (AvgIpc) is 2.85. The van der Waals surface area contributed by atoms with Crippen molar-refractivity contribution in [1.82, 2.24) is 9.55 Å². The molecule has 5 nitrogen and oxygen atoms in total. The third-order valence-corrected chi connectivity index (χ3v) is 3.75. The van der Waals surface area contributed by atoms with E-state index in [4.69, 9.17) is 10.8 Å². The van der Waals surface area contributed by atoms with E-state index in [1.807, 2.05) is 47.9 Å². The quantitative estimate of drug-likeness (QED) is 0.725. The number of imidazole rings is 1. The highest BCUT2D eigenvalue weighted by Crippen LogP contribution is 2.29. The summed E-state index contributed by atoms with van der Waals surface area (Å²) in [6, 6.07) is 13.5. The minimum absolute atomic E-state index is 0.0408. The Morgan fingerprint density at radius 3 is 2.73 bits per heavy atom. The molecule has 1 aromatic heterocycles. The van der Waals surface area contributed by atoms with E-state index in [2.05, 4.69) is 4.98 Å². The molecule has 0 aliphatic carbocycles. The molecule has 3 rings (SSSR count). The number of nitrogens with zero attached hydrogens (tertiary/aromatic N) is 2. The van der Waals surface area contributed by atoms with E-state index < -0.39 is 5.97 Å². The van der Waals surface area contributed by atoms with Gasteiger partial charge in [-0.3, -0.25) is 4.79 Å². The molecule has 0 atom stereocenters. The molecule has 3 aromatic rings. The molecule has 3 N–H and O–H groups in total. The summed E-state index contributed by atoms with van der Waals surface area (Å²) in [7, 11) is 0. The van der Waals surface area contributed by atoms with Gasteiger partial charge in [-0.15, -0.1) is 0 Å². The number of aryl methyl sites for hydroxylation is 2. The van der Waals surface area contributed by atoms with Crippen LogP contribution in [0.5, 0.6) is 0 Å². The Morgan fingerprint density at radius 1 is 1.23 bits per heavy atom. The Hall–Kier alpha value is -2.82. The van der Waals surface area contributed by atoms with Gasteiger partial charge in [0, 0.05) is 12.1 Å². The summed E-state index contributed by atoms with van der Waals surface area (Å²) in [5.41, 5.74) is 10.3. The first-order valence-corrected chi connectivity index (χ1v) is 7.10. The van der Waals surface area contributed by atoms with Crippen LogP contribution in [0.3, 0.4) is 0 Å². The van der Waals surface area contributed by atoms with Crippen molar-refractivity contribution >= 4 is 22.7 Å². The lowest BCUT2D eigenvalue weighted by molar-refractivity contribution is -0.137. The fraction of sp³-hybridized carbons (Fsp3) is 0.176. The van der Waals surface area contributed by atoms with Gasteiger partial charge in [-0.2, -0.15) is 0 Å². The maximum absolute atomic E-state index is 11.0. The SMILES string of the molecule is Cc1ccccc1-c1nc2c(N)cccc2n1CCC(=O)O. The number of hydrogen-bond donors (Lipinski definition) is 2. The fourth-order valence-electron chi connectivity index (χ4n) is 2.63. The van der Waals surface area contributed by atoms with E-state index in [0.717, 1.165) is 22.5 Å². The topological polar surface area (TPSA) is 81.1 Å². The number of carboxylic acid groups (broad SMARTS) is 1. The lowest BCUT2D eigenvalue weighted by Crippen LogP contribution is -2.06. The molecule has 0 radical (unpaired) electrons. The molecule has 0 fully saturated rings. The molecule has 22 heavy (non-hydrogen) atoms. The number of hydrogen-bond acceptors (Lipinski definition) is 3. The molecule has 0 unspecified atom stereocenters. The fourth-order valence-corrected chi connectivity index (χ4v) is 2.63. The molecule has 0 amide bonds. The number of fused-ring (bicyclic) bond motifs is 1. The van der Waals surface area contributed by atoms with Gasteiger partial charge in [-0.1, -0.05) is 30.3 Å². The second-order valence-corrected chi connectivity index (χ2v) is 5.26. The summed E-state index contributed by atoms with van der Waals surface area (Å²) in [5, 5.41) is 9.00. The normalized spacial score (nSPS) is 11.0. The summed E-state index contributed by atoms with van der Waals surface area (Å²) in [6.07, 6.45) is 0.0408. The van der Waals surface area contributed by atoms with Gasteiger partial charge >= 0.3 is 5.97 Å². The van der Waals surface area contributed by atoms with Crippen molar-refractivity contribution in [2.24, 2.45) is 0 Å². The van der Waals surface area contributed by atoms with Crippen LogP contribution in [0.1, 0.15) is 12.0 Å². The van der Waals surface area contributed by atoms with Crippen LogP contribution in [0.2, 0.25) is 0 Å². The summed E-state index contributed by atoms with van der Waals surface area (Å²) >= 11 is 0. The van der Waals surface area contributed by atoms with Gasteiger partial charge in [-0.25, -0.2) is 4.98 Å². The van der Waals surface area contributed by atoms with Gasteiger partial charge < -0.3 is 15.4 Å². The highest BCUT2D eigenvalue weighted by molar-refractivity contribution is 5.90. The molecule has 0 saturated heterocycles. The predicted octanol–water partition coefficient (Wildman–Crippen LogP) is 3.07. The number of nitrogen functional groups attached to an aromatic ring is 1. The van der Waals surface area contributed by atoms with E-state index in [1.54, 1.807) is 6.07 Å². The van der Waals surface area contributed by atoms with Crippen LogP contribution >= 0.6 is 0 Å². The van der Waals surface area contributed by atoms with Crippen molar-refractivity contribution in [2.45, 2.75) is 19.9 Å². The first-order chi connectivity index (χ1) is 10.6. The maximum atomic E-state index is 11.0. The third kappa shape index (κ3) is 2.41. The number of benzene rings is 2. The molecule has 0 spiro atoms. The van der Waals surface area contributed by atoms with Gasteiger partial charge in [-0.05, 0) is 24.6 Å². The summed E-state index contributed by atoms with van der Waals surface area (Å²) in [4.78, 5) is 15.6. The van der Waals surface area contributed by atoms with E-state index in [1.165, 1.54) is 0 Å². The Bertz CT molecular complexity index is 852. The minimum Gasteiger partial charge on any atom is -0.481 e. The van der Waals surface area contributed by atoms with E-state index in [9.17, 15) is 4.79 Å². The highest BCUT2D eigenvalue weighted by atomic mass is 16.4. The van der Waals surface area contributed by atoms with Crippen molar-refractivity contribution in [3.63, 3.8) is 0 Å². The zero-order valence-electron chi connectivity index (χ0n) is 12.3. The monoisotopic (exact) mass is 295 g/mol. The summed E-state index contributed by atoms with van der Waals surface area (Å²) < 4.78 is 1.93. The van der Waals surface area contributed by atoms with Crippen molar-refractivity contribution in [2.75, 3.05) is 5.73 Å². The van der Waals surface area contributed by atoms with Crippen LogP contribution in [0.25, 0.3) is 22.4 Å². The van der Waals surface area contributed by atoms with Crippen molar-refractivity contribution in [3.05, 3.63) is 48.0 Å².